The van der Waals surface area contributed by atoms with Crippen molar-refractivity contribution in [3.8, 4) is 0 Å². The zero-order chi connectivity index (χ0) is 10.7. The van der Waals surface area contributed by atoms with E-state index in [9.17, 15) is 0 Å². The topological polar surface area (TPSA) is 12.4 Å². The van der Waals surface area contributed by atoms with Gasteiger partial charge in [-0.3, -0.25) is 0 Å². The van der Waals surface area contributed by atoms with Gasteiger partial charge in [0.15, 0.2) is 0 Å². The molecule has 1 atom stereocenters. The molecular formula is C11H23NS. The highest BCUT2D eigenvalue weighted by Gasteiger charge is 2.11. The molecule has 0 saturated carbocycles. The molecule has 2 heteroatoms. The first-order valence-electron chi connectivity index (χ1n) is 4.66. The highest BCUT2D eigenvalue weighted by Crippen LogP contribution is 2.26. The lowest BCUT2D eigenvalue weighted by Crippen LogP contribution is -2.10. The smallest absolute Gasteiger partial charge is 0.0173 e. The first kappa shape index (κ1) is 12.9. The number of hydrogen-bond acceptors (Lipinski definition) is 1. The summed E-state index contributed by atoms with van der Waals surface area (Å²) in [4.78, 5) is 0. The number of rotatable bonds is 2. The van der Waals surface area contributed by atoms with Crippen molar-refractivity contribution in [2.24, 2.45) is 15.2 Å². The minimum absolute atomic E-state index is 0.0665. The van der Waals surface area contributed by atoms with E-state index in [0.29, 0.717) is 5.41 Å². The molecule has 0 rings (SSSR count). The Bertz CT molecular complexity index is 203. The van der Waals surface area contributed by atoms with Gasteiger partial charge in [0.25, 0.3) is 0 Å². The van der Waals surface area contributed by atoms with Crippen LogP contribution in [0.15, 0.2) is 4.40 Å². The Morgan fingerprint density at radius 1 is 1.15 bits per heavy atom. The fraction of sp³-hybridized carbons (Fsp3) is 0.818. The summed E-state index contributed by atoms with van der Waals surface area (Å²) in [5, 5.41) is 0. The molecule has 0 bridgehead atoms. The second kappa shape index (κ2) is 4.41. The van der Waals surface area contributed by atoms with Crippen LogP contribution in [0.1, 0.15) is 41.5 Å². The molecular weight excluding hydrogens is 178 g/mol. The molecule has 0 radical (unpaired) electrons. The predicted molar refractivity (Wildman–Crippen MR) is 67.0 cm³/mol. The standard InChI is InChI=1S/C11H23NS/c1-10(2,3)8-12-13(7)9-11(4,5)6/h8H,7,9H2,1-6H3/b12-8-. The molecule has 78 valence electrons. The molecule has 0 spiro atoms. The molecule has 0 amide bonds. The molecule has 0 N–H and O–H groups in total. The molecule has 0 aromatic heterocycles. The van der Waals surface area contributed by atoms with E-state index in [4.69, 9.17) is 0 Å². The van der Waals surface area contributed by atoms with Crippen molar-refractivity contribution in [2.75, 3.05) is 5.75 Å². The maximum atomic E-state index is 4.47. The molecule has 0 aromatic rings. The zero-order valence-electron chi connectivity index (χ0n) is 9.85. The molecule has 0 aliphatic carbocycles. The van der Waals surface area contributed by atoms with Crippen molar-refractivity contribution < 1.29 is 0 Å². The first-order valence-corrected chi connectivity index (χ1v) is 6.18. The Balaban J connectivity index is 4.11. The van der Waals surface area contributed by atoms with Gasteiger partial charge in [-0.1, -0.05) is 58.1 Å². The highest BCUT2D eigenvalue weighted by molar-refractivity contribution is 8.13. The Hall–Kier alpha value is -0.110. The van der Waals surface area contributed by atoms with E-state index in [2.05, 4.69) is 51.8 Å². The van der Waals surface area contributed by atoms with Crippen LogP contribution < -0.4 is 0 Å². The SMILES string of the molecule is C=S(CC(C)(C)C)/N=C\C(C)(C)C. The average Bonchev–Trinajstić information content (AvgIpc) is 1.78. The summed E-state index contributed by atoms with van der Waals surface area (Å²) in [5.74, 6) is 5.13. The molecule has 0 fully saturated rings. The predicted octanol–water partition coefficient (Wildman–Crippen LogP) is 3.77. The maximum Gasteiger partial charge on any atom is 0.0173 e. The van der Waals surface area contributed by atoms with E-state index < -0.39 is 0 Å². The van der Waals surface area contributed by atoms with Crippen molar-refractivity contribution in [3.63, 3.8) is 0 Å². The van der Waals surface area contributed by atoms with Crippen molar-refractivity contribution in [2.45, 2.75) is 41.5 Å². The maximum absolute atomic E-state index is 4.47. The van der Waals surface area contributed by atoms with Crippen LogP contribution in [0.4, 0.5) is 0 Å². The lowest BCUT2D eigenvalue weighted by molar-refractivity contribution is 0.480. The van der Waals surface area contributed by atoms with Crippen LogP contribution >= 0.6 is 10.7 Å². The molecule has 13 heavy (non-hydrogen) atoms. The van der Waals surface area contributed by atoms with Crippen LogP contribution in [0.5, 0.6) is 0 Å². The highest BCUT2D eigenvalue weighted by atomic mass is 32.2. The van der Waals surface area contributed by atoms with Gasteiger partial charge >= 0.3 is 0 Å². The summed E-state index contributed by atoms with van der Waals surface area (Å²) < 4.78 is 4.47. The summed E-state index contributed by atoms with van der Waals surface area (Å²) in [7, 11) is -0.0665. The van der Waals surface area contributed by atoms with Gasteiger partial charge in [0.2, 0.25) is 0 Å². The van der Waals surface area contributed by atoms with Gasteiger partial charge < -0.3 is 0 Å². The van der Waals surface area contributed by atoms with Crippen molar-refractivity contribution >= 4 is 22.8 Å². The van der Waals surface area contributed by atoms with Crippen molar-refractivity contribution in [3.05, 3.63) is 0 Å². The quantitative estimate of drug-likeness (QED) is 0.476. The summed E-state index contributed by atoms with van der Waals surface area (Å²) in [6.07, 6.45) is 2.02. The van der Waals surface area contributed by atoms with Crippen LogP contribution in [0.3, 0.4) is 0 Å². The Morgan fingerprint density at radius 3 is 1.92 bits per heavy atom. The fourth-order valence-electron chi connectivity index (χ4n) is 0.770. The number of nitrogens with zero attached hydrogens (tertiary/aromatic N) is 1. The first-order chi connectivity index (χ1) is 5.60. The molecule has 0 aliphatic rings. The van der Waals surface area contributed by atoms with Crippen molar-refractivity contribution in [1.82, 2.24) is 0 Å². The monoisotopic (exact) mass is 201 g/mol. The van der Waals surface area contributed by atoms with Gasteiger partial charge in [0, 0.05) is 12.0 Å². The van der Waals surface area contributed by atoms with Gasteiger partial charge in [-0.05, 0) is 10.8 Å². The Kier molecular flexibility index (Phi) is 4.37. The summed E-state index contributed by atoms with van der Waals surface area (Å²) in [5.41, 5.74) is 0.515. The minimum Gasteiger partial charge on any atom is -0.236 e. The molecule has 0 aromatic carbocycles. The van der Waals surface area contributed by atoms with E-state index in [-0.39, 0.29) is 16.1 Å². The normalized spacial score (nSPS) is 16.5. The summed E-state index contributed by atoms with van der Waals surface area (Å²) in [6, 6.07) is 0. The van der Waals surface area contributed by atoms with Crippen LogP contribution in [-0.4, -0.2) is 17.8 Å². The third kappa shape index (κ3) is 9.81. The van der Waals surface area contributed by atoms with Crippen LogP contribution in [0.2, 0.25) is 0 Å². The summed E-state index contributed by atoms with van der Waals surface area (Å²) >= 11 is 0. The van der Waals surface area contributed by atoms with E-state index in [1.54, 1.807) is 0 Å². The van der Waals surface area contributed by atoms with Gasteiger partial charge in [-0.25, -0.2) is 4.40 Å². The van der Waals surface area contributed by atoms with E-state index in [0.717, 1.165) is 5.75 Å². The second-order valence-corrected chi connectivity index (χ2v) is 7.19. The minimum atomic E-state index is -0.0665. The van der Waals surface area contributed by atoms with E-state index in [1.807, 2.05) is 6.21 Å². The lowest BCUT2D eigenvalue weighted by Gasteiger charge is -2.18. The molecule has 1 nitrogen and oxygen atoms in total. The third-order valence-electron chi connectivity index (χ3n) is 1.19. The molecule has 0 aliphatic heterocycles. The fourth-order valence-corrected chi connectivity index (χ4v) is 2.31. The Labute approximate surface area is 85.7 Å². The largest absolute Gasteiger partial charge is 0.236 e. The molecule has 0 heterocycles. The molecule has 1 unspecified atom stereocenters. The molecule has 0 saturated heterocycles. The van der Waals surface area contributed by atoms with Gasteiger partial charge in [-0.2, -0.15) is 0 Å². The zero-order valence-corrected chi connectivity index (χ0v) is 10.7. The van der Waals surface area contributed by atoms with E-state index >= 15 is 0 Å². The lowest BCUT2D eigenvalue weighted by atomic mass is 10.00. The van der Waals surface area contributed by atoms with Gasteiger partial charge in [0.05, 0.1) is 0 Å². The van der Waals surface area contributed by atoms with Gasteiger partial charge in [-0.15, -0.1) is 0 Å². The number of hydrogen-bond donors (Lipinski definition) is 0. The second-order valence-electron chi connectivity index (χ2n) is 5.77. The summed E-state index contributed by atoms with van der Waals surface area (Å²) in [6.45, 7) is 13.2. The van der Waals surface area contributed by atoms with Crippen LogP contribution in [-0.2, 0) is 0 Å². The van der Waals surface area contributed by atoms with Crippen LogP contribution in [0, 0.1) is 10.8 Å². The average molecular weight is 201 g/mol. The van der Waals surface area contributed by atoms with Crippen molar-refractivity contribution in [1.29, 1.82) is 0 Å². The Morgan fingerprint density at radius 2 is 1.62 bits per heavy atom. The van der Waals surface area contributed by atoms with E-state index in [1.165, 1.54) is 0 Å². The third-order valence-corrected chi connectivity index (χ3v) is 2.79. The van der Waals surface area contributed by atoms with Crippen LogP contribution in [0.25, 0.3) is 0 Å². The van der Waals surface area contributed by atoms with Gasteiger partial charge in [0.1, 0.15) is 0 Å².